The van der Waals surface area contributed by atoms with Crippen LogP contribution in [0, 0.1) is 24.7 Å². The molecule has 1 heterocycles. The predicted molar refractivity (Wildman–Crippen MR) is 67.7 cm³/mol. The number of amides is 1. The van der Waals surface area contributed by atoms with E-state index in [4.69, 9.17) is 0 Å². The maximum Gasteiger partial charge on any atom is 0.223 e. The second kappa shape index (κ2) is 4.09. The maximum atomic E-state index is 12.0. The molecule has 3 rings (SSSR count). The number of nitrogens with zero attached hydrogens (tertiary/aromatic N) is 1. The van der Waals surface area contributed by atoms with Gasteiger partial charge in [-0.05, 0) is 38.0 Å². The second-order valence-corrected chi connectivity index (χ2v) is 6.72. The summed E-state index contributed by atoms with van der Waals surface area (Å²) in [7, 11) is 0. The van der Waals surface area contributed by atoms with Crippen LogP contribution in [0.15, 0.2) is 6.20 Å². The fourth-order valence-corrected chi connectivity index (χ4v) is 3.19. The zero-order valence-corrected chi connectivity index (χ0v) is 11.1. The third-order valence-electron chi connectivity index (χ3n) is 3.74. The highest BCUT2D eigenvalue weighted by Crippen LogP contribution is 2.44. The molecule has 1 aromatic heterocycles. The van der Waals surface area contributed by atoms with Crippen molar-refractivity contribution in [2.24, 2.45) is 17.8 Å². The molecule has 0 bridgehead atoms. The van der Waals surface area contributed by atoms with Crippen LogP contribution in [0.1, 0.15) is 42.1 Å². The summed E-state index contributed by atoms with van der Waals surface area (Å²) in [6.07, 6.45) is 5.41. The third kappa shape index (κ3) is 2.37. The Balaban J connectivity index is 1.70. The van der Waals surface area contributed by atoms with Crippen molar-refractivity contribution in [1.29, 1.82) is 0 Å². The van der Waals surface area contributed by atoms with E-state index in [1.165, 1.54) is 17.7 Å². The van der Waals surface area contributed by atoms with Crippen LogP contribution in [0.2, 0.25) is 0 Å². The summed E-state index contributed by atoms with van der Waals surface area (Å²) >= 11 is 1.71. The number of carbonyl (C=O) groups is 1. The number of hydrogen-bond donors (Lipinski definition) is 1. The lowest BCUT2D eigenvalue weighted by Gasteiger charge is -2.15. The van der Waals surface area contributed by atoms with Gasteiger partial charge in [-0.3, -0.25) is 4.79 Å². The van der Waals surface area contributed by atoms with Crippen molar-refractivity contribution in [2.75, 3.05) is 0 Å². The Morgan fingerprint density at radius 3 is 2.76 bits per heavy atom. The van der Waals surface area contributed by atoms with Gasteiger partial charge in [0.25, 0.3) is 0 Å². The zero-order chi connectivity index (χ0) is 12.0. The molecule has 2 aliphatic carbocycles. The lowest BCUT2D eigenvalue weighted by molar-refractivity contribution is -0.123. The van der Waals surface area contributed by atoms with Crippen LogP contribution in [0.5, 0.6) is 0 Å². The van der Waals surface area contributed by atoms with E-state index < -0.39 is 0 Å². The molecule has 4 heteroatoms. The highest BCUT2D eigenvalue weighted by molar-refractivity contribution is 7.11. The van der Waals surface area contributed by atoms with Crippen LogP contribution in [-0.4, -0.2) is 10.9 Å². The summed E-state index contributed by atoms with van der Waals surface area (Å²) in [6.45, 7) is 4.21. The van der Waals surface area contributed by atoms with Crippen LogP contribution in [-0.2, 0) is 4.79 Å². The molecule has 2 aliphatic rings. The first-order valence-electron chi connectivity index (χ1n) is 6.38. The molecule has 1 aromatic rings. The van der Waals surface area contributed by atoms with E-state index in [1.807, 2.05) is 6.20 Å². The van der Waals surface area contributed by atoms with Crippen LogP contribution < -0.4 is 5.32 Å². The van der Waals surface area contributed by atoms with Gasteiger partial charge in [0.2, 0.25) is 5.91 Å². The molecule has 0 radical (unpaired) electrons. The molecule has 0 aromatic carbocycles. The number of rotatable bonds is 4. The van der Waals surface area contributed by atoms with Gasteiger partial charge in [-0.1, -0.05) is 6.92 Å². The highest BCUT2D eigenvalue weighted by Gasteiger charge is 2.42. The number of hydrogen-bond acceptors (Lipinski definition) is 3. The van der Waals surface area contributed by atoms with Gasteiger partial charge in [0.05, 0.1) is 6.04 Å². The van der Waals surface area contributed by atoms with Crippen LogP contribution in [0.4, 0.5) is 0 Å². The lowest BCUT2D eigenvalue weighted by atomic mass is 10.2. The maximum absolute atomic E-state index is 12.0. The first kappa shape index (κ1) is 11.2. The fourth-order valence-electron chi connectivity index (χ4n) is 2.27. The highest BCUT2D eigenvalue weighted by atomic mass is 32.1. The van der Waals surface area contributed by atoms with Gasteiger partial charge in [-0.2, -0.15) is 0 Å². The van der Waals surface area contributed by atoms with E-state index in [1.54, 1.807) is 11.3 Å². The van der Waals surface area contributed by atoms with Crippen molar-refractivity contribution in [3.8, 4) is 0 Å². The van der Waals surface area contributed by atoms with Crippen molar-refractivity contribution >= 4 is 17.2 Å². The third-order valence-corrected chi connectivity index (χ3v) is 4.74. The summed E-state index contributed by atoms with van der Waals surface area (Å²) in [5, 5.41) is 4.30. The molecule has 1 amide bonds. The van der Waals surface area contributed by atoms with Crippen molar-refractivity contribution in [3.05, 3.63) is 16.1 Å². The number of carbonyl (C=O) groups excluding carboxylic acids is 1. The lowest BCUT2D eigenvalue weighted by Crippen LogP contribution is -2.31. The van der Waals surface area contributed by atoms with Crippen LogP contribution in [0.25, 0.3) is 0 Å². The quantitative estimate of drug-likeness (QED) is 0.892. The summed E-state index contributed by atoms with van der Waals surface area (Å²) in [5.74, 6) is 1.70. The summed E-state index contributed by atoms with van der Waals surface area (Å²) in [4.78, 5) is 17.7. The molecule has 3 atom stereocenters. The Morgan fingerprint density at radius 2 is 2.29 bits per heavy atom. The second-order valence-electron chi connectivity index (χ2n) is 5.45. The summed E-state index contributed by atoms with van der Waals surface area (Å²) in [5.41, 5.74) is 0. The standard InChI is InChI=1S/C13H18N2OS/c1-7-5-10(7)12(16)15-11(9-3-4-9)13-14-6-8(2)17-13/h6-7,9-11H,3-5H2,1-2H3,(H,15,16)/t7-,10-,11+/m0/s1. The molecule has 92 valence electrons. The van der Waals surface area contributed by atoms with Crippen LogP contribution >= 0.6 is 11.3 Å². The molecule has 0 saturated heterocycles. The Bertz CT molecular complexity index is 438. The summed E-state index contributed by atoms with van der Waals surface area (Å²) < 4.78 is 0. The van der Waals surface area contributed by atoms with E-state index in [2.05, 4.69) is 24.1 Å². The first-order chi connectivity index (χ1) is 8.15. The Kier molecular flexibility index (Phi) is 2.69. The molecule has 17 heavy (non-hydrogen) atoms. The van der Waals surface area contributed by atoms with Gasteiger partial charge in [-0.15, -0.1) is 11.3 Å². The molecular formula is C13H18N2OS. The number of aromatic nitrogens is 1. The van der Waals surface area contributed by atoms with Crippen LogP contribution in [0.3, 0.4) is 0 Å². The summed E-state index contributed by atoms with van der Waals surface area (Å²) in [6, 6.07) is 0.175. The number of nitrogens with one attached hydrogen (secondary N) is 1. The van der Waals surface area contributed by atoms with Gasteiger partial charge in [0.15, 0.2) is 0 Å². The van der Waals surface area contributed by atoms with Crippen molar-refractivity contribution in [1.82, 2.24) is 10.3 Å². The average molecular weight is 250 g/mol. The molecule has 2 fully saturated rings. The smallest absolute Gasteiger partial charge is 0.223 e. The number of thiazole rings is 1. The normalized spacial score (nSPS) is 28.8. The first-order valence-corrected chi connectivity index (χ1v) is 7.19. The van der Waals surface area contributed by atoms with E-state index in [0.29, 0.717) is 11.8 Å². The topological polar surface area (TPSA) is 42.0 Å². The number of aryl methyl sites for hydroxylation is 1. The fraction of sp³-hybridized carbons (Fsp3) is 0.692. The van der Waals surface area contributed by atoms with Crippen molar-refractivity contribution < 1.29 is 4.79 Å². The van der Waals surface area contributed by atoms with Gasteiger partial charge in [-0.25, -0.2) is 4.98 Å². The van der Waals surface area contributed by atoms with Crippen molar-refractivity contribution in [3.63, 3.8) is 0 Å². The molecule has 0 unspecified atom stereocenters. The Labute approximate surface area is 106 Å². The Hall–Kier alpha value is -0.900. The molecule has 3 nitrogen and oxygen atoms in total. The Morgan fingerprint density at radius 1 is 1.59 bits per heavy atom. The van der Waals surface area contributed by atoms with Crippen molar-refractivity contribution in [2.45, 2.75) is 39.2 Å². The molecule has 1 N–H and O–H groups in total. The zero-order valence-electron chi connectivity index (χ0n) is 10.3. The minimum absolute atomic E-state index is 0.175. The minimum atomic E-state index is 0.175. The van der Waals surface area contributed by atoms with E-state index in [-0.39, 0.29) is 17.9 Å². The molecule has 0 aliphatic heterocycles. The monoisotopic (exact) mass is 250 g/mol. The minimum Gasteiger partial charge on any atom is -0.346 e. The van der Waals surface area contributed by atoms with E-state index >= 15 is 0 Å². The average Bonchev–Trinajstić information content (AvgIpc) is 3.18. The largest absolute Gasteiger partial charge is 0.346 e. The molecule has 2 saturated carbocycles. The van der Waals surface area contributed by atoms with Gasteiger partial charge < -0.3 is 5.32 Å². The molecular weight excluding hydrogens is 232 g/mol. The van der Waals surface area contributed by atoms with Gasteiger partial charge in [0, 0.05) is 17.0 Å². The molecule has 0 spiro atoms. The van der Waals surface area contributed by atoms with E-state index in [9.17, 15) is 4.79 Å². The predicted octanol–water partition coefficient (Wildman–Crippen LogP) is 2.67. The van der Waals surface area contributed by atoms with E-state index in [0.717, 1.165) is 11.4 Å². The van der Waals surface area contributed by atoms with Gasteiger partial charge >= 0.3 is 0 Å². The van der Waals surface area contributed by atoms with Gasteiger partial charge in [0.1, 0.15) is 5.01 Å². The SMILES string of the molecule is Cc1cnc([C@H](NC(=O)[C@H]2C[C@@H]2C)C2CC2)s1.